The highest BCUT2D eigenvalue weighted by Gasteiger charge is 2.42. The van der Waals surface area contributed by atoms with Crippen LogP contribution < -0.4 is 10.6 Å². The minimum atomic E-state index is -4.21. The molecule has 0 saturated carbocycles. The van der Waals surface area contributed by atoms with Gasteiger partial charge in [0.15, 0.2) is 5.82 Å². The lowest BCUT2D eigenvalue weighted by molar-refractivity contribution is -0.176. The van der Waals surface area contributed by atoms with E-state index in [0.29, 0.717) is 24.5 Å². The van der Waals surface area contributed by atoms with E-state index in [4.69, 9.17) is 5.73 Å². The lowest BCUT2D eigenvalue weighted by Crippen LogP contribution is -2.42. The number of piperidine rings is 1. The van der Waals surface area contributed by atoms with Crippen LogP contribution in [-0.4, -0.2) is 34.4 Å². The van der Waals surface area contributed by atoms with Gasteiger partial charge in [-0.1, -0.05) is 30.3 Å². The van der Waals surface area contributed by atoms with E-state index in [2.05, 4.69) is 15.2 Å². The molecule has 1 saturated heterocycles. The van der Waals surface area contributed by atoms with Crippen molar-refractivity contribution in [3.05, 3.63) is 30.3 Å². The predicted octanol–water partition coefficient (Wildman–Crippen LogP) is 2.90. The number of rotatable bonds is 2. The summed E-state index contributed by atoms with van der Waals surface area (Å²) in [5.41, 5.74) is 6.82. The minimum absolute atomic E-state index is 0.00279. The number of nitrogens with zero attached hydrogens (tertiary/aromatic N) is 4. The van der Waals surface area contributed by atoms with Crippen molar-refractivity contribution >= 4 is 11.8 Å². The summed E-state index contributed by atoms with van der Waals surface area (Å²) in [5, 5.41) is 7.74. The lowest BCUT2D eigenvalue weighted by atomic mass is 9.97. The van der Waals surface area contributed by atoms with E-state index in [-0.39, 0.29) is 18.9 Å². The Hall–Kier alpha value is -2.38. The number of hydrogen-bond acceptors (Lipinski definition) is 5. The normalized spacial score (nSPS) is 18.9. The molecule has 1 unspecified atom stereocenters. The first kappa shape index (κ1) is 15.5. The largest absolute Gasteiger partial charge is 0.393 e. The highest BCUT2D eigenvalue weighted by atomic mass is 19.4. The molecule has 122 valence electrons. The molecule has 0 bridgehead atoms. The zero-order chi connectivity index (χ0) is 16.4. The molecule has 1 aromatic heterocycles. The van der Waals surface area contributed by atoms with Crippen LogP contribution in [0.4, 0.5) is 24.9 Å². The summed E-state index contributed by atoms with van der Waals surface area (Å²) in [7, 11) is 0. The smallest absolute Gasteiger partial charge is 0.366 e. The third-order valence-corrected chi connectivity index (χ3v) is 3.92. The third kappa shape index (κ3) is 3.35. The van der Waals surface area contributed by atoms with E-state index in [1.165, 1.54) is 0 Å². The van der Waals surface area contributed by atoms with E-state index < -0.39 is 12.1 Å². The standard InChI is InChI=1S/C15H16F3N5/c16-15(17,18)11-7-4-8-23(9-11)13-12(20-14(19)22-21-13)10-5-2-1-3-6-10/h1-3,5-6,11H,4,7-9H2,(H2,19,20,22). The van der Waals surface area contributed by atoms with E-state index in [9.17, 15) is 13.2 Å². The lowest BCUT2D eigenvalue weighted by Gasteiger charge is -2.34. The molecule has 8 heteroatoms. The quantitative estimate of drug-likeness (QED) is 0.920. The second kappa shape index (κ2) is 6.02. The molecule has 0 radical (unpaired) electrons. The molecule has 2 N–H and O–H groups in total. The molecule has 3 rings (SSSR count). The summed E-state index contributed by atoms with van der Waals surface area (Å²) in [6, 6.07) is 9.14. The van der Waals surface area contributed by atoms with Crippen molar-refractivity contribution in [2.24, 2.45) is 5.92 Å². The molecule has 1 fully saturated rings. The number of anilines is 2. The monoisotopic (exact) mass is 323 g/mol. The number of nitrogen functional groups attached to an aromatic ring is 1. The number of alkyl halides is 3. The zero-order valence-corrected chi connectivity index (χ0v) is 12.3. The highest BCUT2D eigenvalue weighted by Crippen LogP contribution is 2.36. The zero-order valence-electron chi connectivity index (χ0n) is 12.3. The van der Waals surface area contributed by atoms with Gasteiger partial charge in [-0.2, -0.15) is 13.2 Å². The Bertz CT molecular complexity index is 675. The average molecular weight is 323 g/mol. The molecule has 2 heterocycles. The van der Waals surface area contributed by atoms with E-state index in [1.807, 2.05) is 30.3 Å². The molecule has 2 aromatic rings. The summed E-state index contributed by atoms with van der Waals surface area (Å²) in [6.45, 7) is 0.357. The van der Waals surface area contributed by atoms with E-state index in [1.54, 1.807) is 4.90 Å². The third-order valence-electron chi connectivity index (χ3n) is 3.92. The summed E-state index contributed by atoms with van der Waals surface area (Å²) in [6.07, 6.45) is -3.62. The van der Waals surface area contributed by atoms with Gasteiger partial charge in [-0.05, 0) is 12.8 Å². The van der Waals surface area contributed by atoms with Crippen molar-refractivity contribution in [1.82, 2.24) is 15.2 Å². The first-order valence-electron chi connectivity index (χ1n) is 7.32. The van der Waals surface area contributed by atoms with Gasteiger partial charge < -0.3 is 10.6 Å². The van der Waals surface area contributed by atoms with Crippen LogP contribution in [0.1, 0.15) is 12.8 Å². The van der Waals surface area contributed by atoms with Crippen molar-refractivity contribution < 1.29 is 13.2 Å². The van der Waals surface area contributed by atoms with Crippen molar-refractivity contribution in [3.8, 4) is 11.3 Å². The first-order valence-corrected chi connectivity index (χ1v) is 7.32. The Balaban J connectivity index is 1.97. The number of halogens is 3. The van der Waals surface area contributed by atoms with Gasteiger partial charge in [-0.3, -0.25) is 0 Å². The maximum Gasteiger partial charge on any atom is 0.393 e. The molecule has 1 aliphatic heterocycles. The summed E-state index contributed by atoms with van der Waals surface area (Å²) >= 11 is 0. The van der Waals surface area contributed by atoms with Crippen LogP contribution in [0.3, 0.4) is 0 Å². The van der Waals surface area contributed by atoms with Crippen LogP contribution in [-0.2, 0) is 0 Å². The molecule has 23 heavy (non-hydrogen) atoms. The Morgan fingerprint density at radius 3 is 2.57 bits per heavy atom. The number of benzene rings is 1. The molecule has 1 aliphatic rings. The van der Waals surface area contributed by atoms with Gasteiger partial charge in [0.05, 0.1) is 5.92 Å². The molecule has 1 atom stereocenters. The molecule has 1 aromatic carbocycles. The Morgan fingerprint density at radius 1 is 1.13 bits per heavy atom. The summed E-state index contributed by atoms with van der Waals surface area (Å²) in [4.78, 5) is 5.79. The van der Waals surface area contributed by atoms with Crippen LogP contribution >= 0.6 is 0 Å². The van der Waals surface area contributed by atoms with E-state index >= 15 is 0 Å². The topological polar surface area (TPSA) is 67.9 Å². The number of hydrogen-bond donors (Lipinski definition) is 1. The van der Waals surface area contributed by atoms with Crippen LogP contribution in [0, 0.1) is 5.92 Å². The van der Waals surface area contributed by atoms with Gasteiger partial charge in [0.25, 0.3) is 0 Å². The van der Waals surface area contributed by atoms with Gasteiger partial charge in [-0.25, -0.2) is 4.98 Å². The Morgan fingerprint density at radius 2 is 1.87 bits per heavy atom. The molecule has 0 spiro atoms. The van der Waals surface area contributed by atoms with Crippen LogP contribution in [0.5, 0.6) is 0 Å². The first-order chi connectivity index (χ1) is 10.9. The number of aromatic nitrogens is 3. The van der Waals surface area contributed by atoms with Crippen LogP contribution in [0.25, 0.3) is 11.3 Å². The van der Waals surface area contributed by atoms with Gasteiger partial charge in [0, 0.05) is 18.7 Å². The van der Waals surface area contributed by atoms with E-state index in [0.717, 1.165) is 5.56 Å². The van der Waals surface area contributed by atoms with Gasteiger partial charge >= 0.3 is 6.18 Å². The Kier molecular flexibility index (Phi) is 4.06. The molecule has 0 aliphatic carbocycles. The van der Waals surface area contributed by atoms with Gasteiger partial charge in [-0.15, -0.1) is 10.2 Å². The maximum atomic E-state index is 13.0. The molecular formula is C15H16F3N5. The Labute approximate surface area is 131 Å². The van der Waals surface area contributed by atoms with Crippen molar-refractivity contribution in [2.75, 3.05) is 23.7 Å². The SMILES string of the molecule is Nc1nnc(N2CCCC(C(F)(F)F)C2)c(-c2ccccc2)n1. The fraction of sp³-hybridized carbons (Fsp3) is 0.400. The second-order valence-electron chi connectivity index (χ2n) is 5.54. The predicted molar refractivity (Wildman–Crippen MR) is 80.7 cm³/mol. The molecule has 0 amide bonds. The van der Waals surface area contributed by atoms with Crippen LogP contribution in [0.2, 0.25) is 0 Å². The summed E-state index contributed by atoms with van der Waals surface area (Å²) in [5.74, 6) is -1.02. The fourth-order valence-electron chi connectivity index (χ4n) is 2.77. The fourth-order valence-corrected chi connectivity index (χ4v) is 2.77. The maximum absolute atomic E-state index is 13.0. The minimum Gasteiger partial charge on any atom is -0.366 e. The van der Waals surface area contributed by atoms with Gasteiger partial charge in [0.2, 0.25) is 5.95 Å². The van der Waals surface area contributed by atoms with Gasteiger partial charge in [0.1, 0.15) is 5.69 Å². The highest BCUT2D eigenvalue weighted by molar-refractivity contribution is 5.72. The average Bonchev–Trinajstić information content (AvgIpc) is 2.55. The molecule has 5 nitrogen and oxygen atoms in total. The van der Waals surface area contributed by atoms with Crippen molar-refractivity contribution in [1.29, 1.82) is 0 Å². The van der Waals surface area contributed by atoms with Crippen molar-refractivity contribution in [3.63, 3.8) is 0 Å². The van der Waals surface area contributed by atoms with Crippen molar-refractivity contribution in [2.45, 2.75) is 19.0 Å². The second-order valence-corrected chi connectivity index (χ2v) is 5.54. The van der Waals surface area contributed by atoms with Crippen LogP contribution in [0.15, 0.2) is 30.3 Å². The molecular weight excluding hydrogens is 307 g/mol. The summed E-state index contributed by atoms with van der Waals surface area (Å²) < 4.78 is 39.1. The number of nitrogens with two attached hydrogens (primary N) is 1.